The lowest BCUT2D eigenvalue weighted by Crippen LogP contribution is -2.30. The van der Waals surface area contributed by atoms with E-state index in [-0.39, 0.29) is 11.6 Å². The Morgan fingerprint density at radius 3 is 2.24 bits per heavy atom. The molecule has 0 N–H and O–H groups in total. The average molecular weight is 227 g/mol. The summed E-state index contributed by atoms with van der Waals surface area (Å²) in [6.07, 6.45) is 2.21. The molecule has 1 aliphatic rings. The summed E-state index contributed by atoms with van der Waals surface area (Å²) in [5, 5.41) is 8.68. The predicted octanol–water partition coefficient (Wildman–Crippen LogP) is 2.04. The monoisotopic (exact) mass is 227 g/mol. The van der Waals surface area contributed by atoms with Crippen molar-refractivity contribution in [3.8, 4) is 6.07 Å². The van der Waals surface area contributed by atoms with Gasteiger partial charge in [-0.2, -0.15) is 5.26 Å². The Morgan fingerprint density at radius 1 is 1.12 bits per heavy atom. The minimum Gasteiger partial charge on any atom is -0.299 e. The van der Waals surface area contributed by atoms with Crippen LogP contribution in [0.4, 0.5) is 0 Å². The first-order valence-corrected chi connectivity index (χ1v) is 5.75. The number of nitriles is 1. The second-order valence-corrected chi connectivity index (χ2v) is 4.35. The molecule has 0 saturated heterocycles. The standard InChI is InChI=1S/C14H13NO2/c15-9-11-6-4-10(5-7-11)8-12-13(16)2-1-3-14(12)17/h4-7,12H,1-3,8H2. The highest BCUT2D eigenvalue weighted by Gasteiger charge is 2.29. The van der Waals surface area contributed by atoms with Crippen molar-refractivity contribution in [2.45, 2.75) is 25.7 Å². The third-order valence-electron chi connectivity index (χ3n) is 3.15. The summed E-state index contributed by atoms with van der Waals surface area (Å²) in [7, 11) is 0. The van der Waals surface area contributed by atoms with Crippen molar-refractivity contribution in [1.82, 2.24) is 0 Å². The highest BCUT2D eigenvalue weighted by Crippen LogP contribution is 2.21. The van der Waals surface area contributed by atoms with Crippen LogP contribution in [-0.4, -0.2) is 11.6 Å². The molecule has 1 aromatic rings. The van der Waals surface area contributed by atoms with Crippen LogP contribution in [0.25, 0.3) is 0 Å². The Balaban J connectivity index is 2.11. The van der Waals surface area contributed by atoms with Crippen LogP contribution in [0.5, 0.6) is 0 Å². The van der Waals surface area contributed by atoms with E-state index in [1.165, 1.54) is 0 Å². The Hall–Kier alpha value is -1.95. The summed E-state index contributed by atoms with van der Waals surface area (Å²) in [5.41, 5.74) is 1.53. The minimum absolute atomic E-state index is 0.0607. The topological polar surface area (TPSA) is 57.9 Å². The molecule has 0 aromatic heterocycles. The molecule has 17 heavy (non-hydrogen) atoms. The quantitative estimate of drug-likeness (QED) is 0.726. The second kappa shape index (κ2) is 4.92. The molecule has 0 heterocycles. The van der Waals surface area contributed by atoms with Crippen molar-refractivity contribution >= 4 is 11.6 Å². The van der Waals surface area contributed by atoms with Gasteiger partial charge in [-0.3, -0.25) is 9.59 Å². The fraction of sp³-hybridized carbons (Fsp3) is 0.357. The molecule has 86 valence electrons. The van der Waals surface area contributed by atoms with Crippen LogP contribution in [-0.2, 0) is 16.0 Å². The molecule has 0 amide bonds. The van der Waals surface area contributed by atoms with Crippen molar-refractivity contribution in [3.05, 3.63) is 35.4 Å². The van der Waals surface area contributed by atoms with Gasteiger partial charge < -0.3 is 0 Å². The van der Waals surface area contributed by atoms with E-state index in [2.05, 4.69) is 0 Å². The fourth-order valence-electron chi connectivity index (χ4n) is 2.14. The van der Waals surface area contributed by atoms with Crippen LogP contribution in [0.2, 0.25) is 0 Å². The lowest BCUT2D eigenvalue weighted by molar-refractivity contribution is -0.135. The Morgan fingerprint density at radius 2 is 1.71 bits per heavy atom. The maximum absolute atomic E-state index is 11.7. The third-order valence-corrected chi connectivity index (χ3v) is 3.15. The van der Waals surface area contributed by atoms with E-state index in [9.17, 15) is 9.59 Å². The van der Waals surface area contributed by atoms with E-state index in [0.717, 1.165) is 5.56 Å². The molecule has 0 unspecified atom stereocenters. The van der Waals surface area contributed by atoms with Gasteiger partial charge in [-0.1, -0.05) is 12.1 Å². The maximum atomic E-state index is 11.7. The molecule has 0 atom stereocenters. The molecule has 2 rings (SSSR count). The van der Waals surface area contributed by atoms with Crippen molar-refractivity contribution in [2.75, 3.05) is 0 Å². The molecule has 0 bridgehead atoms. The number of nitrogens with zero attached hydrogens (tertiary/aromatic N) is 1. The summed E-state index contributed by atoms with van der Waals surface area (Å²) < 4.78 is 0. The van der Waals surface area contributed by atoms with Crippen LogP contribution in [0.15, 0.2) is 24.3 Å². The second-order valence-electron chi connectivity index (χ2n) is 4.35. The van der Waals surface area contributed by atoms with Gasteiger partial charge in [0.1, 0.15) is 11.6 Å². The van der Waals surface area contributed by atoms with Gasteiger partial charge in [0, 0.05) is 12.8 Å². The molecular formula is C14H13NO2. The van der Waals surface area contributed by atoms with E-state index in [1.807, 2.05) is 18.2 Å². The first-order valence-electron chi connectivity index (χ1n) is 5.75. The lowest BCUT2D eigenvalue weighted by atomic mass is 9.82. The highest BCUT2D eigenvalue weighted by molar-refractivity contribution is 6.04. The summed E-state index contributed by atoms with van der Waals surface area (Å²) in [6, 6.07) is 9.10. The van der Waals surface area contributed by atoms with Crippen LogP contribution in [0.1, 0.15) is 30.4 Å². The van der Waals surface area contributed by atoms with Crippen LogP contribution in [0.3, 0.4) is 0 Å². The van der Waals surface area contributed by atoms with Crippen molar-refractivity contribution in [3.63, 3.8) is 0 Å². The summed E-state index contributed by atoms with van der Waals surface area (Å²) in [6.45, 7) is 0. The van der Waals surface area contributed by atoms with Gasteiger partial charge in [-0.25, -0.2) is 0 Å². The van der Waals surface area contributed by atoms with Crippen molar-refractivity contribution < 1.29 is 9.59 Å². The zero-order valence-corrected chi connectivity index (χ0v) is 9.48. The molecule has 0 spiro atoms. The smallest absolute Gasteiger partial charge is 0.143 e. The predicted molar refractivity (Wildman–Crippen MR) is 62.2 cm³/mol. The zero-order valence-electron chi connectivity index (χ0n) is 9.48. The van der Waals surface area contributed by atoms with E-state index in [0.29, 0.717) is 31.2 Å². The average Bonchev–Trinajstić information content (AvgIpc) is 2.35. The molecule has 1 saturated carbocycles. The van der Waals surface area contributed by atoms with Gasteiger partial charge in [0.05, 0.1) is 17.6 Å². The van der Waals surface area contributed by atoms with Gasteiger partial charge in [-0.05, 0) is 30.5 Å². The number of carbonyl (C=O) groups excluding carboxylic acids is 2. The lowest BCUT2D eigenvalue weighted by Gasteiger charge is -2.19. The molecule has 1 aliphatic carbocycles. The van der Waals surface area contributed by atoms with E-state index in [1.54, 1.807) is 12.1 Å². The molecule has 1 fully saturated rings. The fourth-order valence-corrected chi connectivity index (χ4v) is 2.14. The highest BCUT2D eigenvalue weighted by atomic mass is 16.2. The number of Topliss-reactive ketones (excluding diaryl/α,β-unsaturated/α-hetero) is 2. The summed E-state index contributed by atoms with van der Waals surface area (Å²) >= 11 is 0. The number of hydrogen-bond acceptors (Lipinski definition) is 3. The van der Waals surface area contributed by atoms with Crippen LogP contribution >= 0.6 is 0 Å². The van der Waals surface area contributed by atoms with Gasteiger partial charge in [0.2, 0.25) is 0 Å². The van der Waals surface area contributed by atoms with Crippen molar-refractivity contribution in [1.29, 1.82) is 5.26 Å². The molecule has 1 aromatic carbocycles. The minimum atomic E-state index is -0.461. The first-order chi connectivity index (χ1) is 8.20. The van der Waals surface area contributed by atoms with Crippen molar-refractivity contribution in [2.24, 2.45) is 5.92 Å². The van der Waals surface area contributed by atoms with E-state index >= 15 is 0 Å². The Bertz CT molecular complexity index is 466. The third kappa shape index (κ3) is 2.59. The molecule has 3 nitrogen and oxygen atoms in total. The van der Waals surface area contributed by atoms with Gasteiger partial charge in [-0.15, -0.1) is 0 Å². The largest absolute Gasteiger partial charge is 0.299 e. The SMILES string of the molecule is N#Cc1ccc(CC2C(=O)CCCC2=O)cc1. The normalized spacial score (nSPS) is 16.9. The molecule has 3 heteroatoms. The maximum Gasteiger partial charge on any atom is 0.143 e. The van der Waals surface area contributed by atoms with Gasteiger partial charge in [0.15, 0.2) is 0 Å². The summed E-state index contributed by atoms with van der Waals surface area (Å²) in [4.78, 5) is 23.3. The number of hydrogen-bond donors (Lipinski definition) is 0. The summed E-state index contributed by atoms with van der Waals surface area (Å²) in [5.74, 6) is -0.340. The van der Waals surface area contributed by atoms with Gasteiger partial charge >= 0.3 is 0 Å². The number of rotatable bonds is 2. The molecule has 0 radical (unpaired) electrons. The Kier molecular flexibility index (Phi) is 3.34. The molecular weight excluding hydrogens is 214 g/mol. The zero-order chi connectivity index (χ0) is 12.3. The van der Waals surface area contributed by atoms with E-state index < -0.39 is 5.92 Å². The number of benzene rings is 1. The van der Waals surface area contributed by atoms with Gasteiger partial charge in [0.25, 0.3) is 0 Å². The van der Waals surface area contributed by atoms with Crippen LogP contribution in [0, 0.1) is 17.2 Å². The van der Waals surface area contributed by atoms with E-state index in [4.69, 9.17) is 5.26 Å². The first kappa shape index (κ1) is 11.5. The molecule has 0 aliphatic heterocycles. The number of ketones is 2. The Labute approximate surface area is 100 Å². The number of carbonyl (C=O) groups is 2. The van der Waals surface area contributed by atoms with Crippen LogP contribution < -0.4 is 0 Å².